The normalized spacial score (nSPS) is 15.0. The largest absolute Gasteiger partial charge is 0.330 e. The van der Waals surface area contributed by atoms with Crippen LogP contribution in [0.25, 0.3) is 0 Å². The summed E-state index contributed by atoms with van der Waals surface area (Å²) in [4.78, 5) is 17.7. The van der Waals surface area contributed by atoms with E-state index in [-0.39, 0.29) is 5.91 Å². The maximum atomic E-state index is 11.6. The molecule has 0 radical (unpaired) electrons. The minimum atomic E-state index is 0.209. The number of benzene rings is 1. The first kappa shape index (κ1) is 12.1. The van der Waals surface area contributed by atoms with Gasteiger partial charge in [0, 0.05) is 35.9 Å². The Bertz CT molecular complexity index is 593. The maximum Gasteiger partial charge on any atom is 0.227 e. The van der Waals surface area contributed by atoms with Gasteiger partial charge in [0.25, 0.3) is 0 Å². The second kappa shape index (κ2) is 4.97. The maximum absolute atomic E-state index is 11.6. The van der Waals surface area contributed by atoms with Crippen LogP contribution in [0.3, 0.4) is 0 Å². The number of hydrogen-bond acceptors (Lipinski definition) is 5. The van der Waals surface area contributed by atoms with Crippen LogP contribution < -0.4 is 10.2 Å². The van der Waals surface area contributed by atoms with Crippen molar-refractivity contribution in [3.05, 3.63) is 30.1 Å². The van der Waals surface area contributed by atoms with Crippen LogP contribution in [0.1, 0.15) is 18.7 Å². The van der Waals surface area contributed by atoms with Gasteiger partial charge in [-0.3, -0.25) is 4.79 Å². The number of rotatable bonds is 3. The van der Waals surface area contributed by atoms with E-state index in [1.807, 2.05) is 36.1 Å². The minimum absolute atomic E-state index is 0.209. The molecule has 1 amide bonds. The van der Waals surface area contributed by atoms with E-state index in [4.69, 9.17) is 0 Å². The van der Waals surface area contributed by atoms with Crippen LogP contribution in [-0.4, -0.2) is 21.8 Å². The van der Waals surface area contributed by atoms with Crippen molar-refractivity contribution in [1.82, 2.24) is 9.36 Å². The Morgan fingerprint density at radius 2 is 2.11 bits per heavy atom. The summed E-state index contributed by atoms with van der Waals surface area (Å²) in [6.07, 6.45) is 1.60. The molecule has 2 heterocycles. The molecule has 5 nitrogen and oxygen atoms in total. The third-order valence-corrected chi connectivity index (χ3v) is 3.75. The zero-order valence-corrected chi connectivity index (χ0v) is 11.4. The molecule has 1 aliphatic heterocycles. The topological polar surface area (TPSA) is 58.1 Å². The molecule has 3 rings (SSSR count). The summed E-state index contributed by atoms with van der Waals surface area (Å²) >= 11 is 1.34. The third-order valence-electron chi connectivity index (χ3n) is 3.03. The molecular formula is C13H14N4OS. The standard InChI is InChI=1S/C13H14N4OS/c1-9-14-13(19-16-9)15-10-4-6-11(7-5-10)17-8-2-3-12(17)18/h4-7H,2-3,8H2,1H3,(H,14,15,16). The van der Waals surface area contributed by atoms with E-state index in [2.05, 4.69) is 14.7 Å². The summed E-state index contributed by atoms with van der Waals surface area (Å²) in [7, 11) is 0. The van der Waals surface area contributed by atoms with Crippen molar-refractivity contribution >= 4 is 33.9 Å². The fraction of sp³-hybridized carbons (Fsp3) is 0.308. The van der Waals surface area contributed by atoms with Gasteiger partial charge in [-0.05, 0) is 37.6 Å². The molecule has 0 bridgehead atoms. The van der Waals surface area contributed by atoms with Gasteiger partial charge < -0.3 is 10.2 Å². The SMILES string of the molecule is Cc1nsc(Nc2ccc(N3CCCC3=O)cc2)n1. The molecule has 0 unspecified atom stereocenters. The molecule has 0 aliphatic carbocycles. The lowest BCUT2D eigenvalue weighted by atomic mass is 10.2. The highest BCUT2D eigenvalue weighted by molar-refractivity contribution is 7.09. The van der Waals surface area contributed by atoms with E-state index in [1.165, 1.54) is 11.5 Å². The zero-order chi connectivity index (χ0) is 13.2. The van der Waals surface area contributed by atoms with Crippen LogP contribution in [0.5, 0.6) is 0 Å². The lowest BCUT2D eigenvalue weighted by Crippen LogP contribution is -2.23. The van der Waals surface area contributed by atoms with Crippen LogP contribution in [-0.2, 0) is 4.79 Å². The summed E-state index contributed by atoms with van der Waals surface area (Å²) in [6.45, 7) is 2.69. The number of carbonyl (C=O) groups excluding carboxylic acids is 1. The Balaban J connectivity index is 1.73. The van der Waals surface area contributed by atoms with Crippen LogP contribution in [0.4, 0.5) is 16.5 Å². The average Bonchev–Trinajstić information content (AvgIpc) is 3.00. The van der Waals surface area contributed by atoms with Crippen molar-refractivity contribution in [2.24, 2.45) is 0 Å². The zero-order valence-electron chi connectivity index (χ0n) is 10.6. The molecule has 1 aromatic carbocycles. The molecule has 1 N–H and O–H groups in total. The monoisotopic (exact) mass is 274 g/mol. The molecule has 1 fully saturated rings. The molecular weight excluding hydrogens is 260 g/mol. The Labute approximate surface area is 115 Å². The number of hydrogen-bond donors (Lipinski definition) is 1. The first-order chi connectivity index (χ1) is 9.22. The van der Waals surface area contributed by atoms with Gasteiger partial charge in [0.2, 0.25) is 11.0 Å². The van der Waals surface area contributed by atoms with Crippen LogP contribution in [0, 0.1) is 6.92 Å². The van der Waals surface area contributed by atoms with Crippen molar-refractivity contribution in [2.75, 3.05) is 16.8 Å². The number of aromatic nitrogens is 2. The molecule has 1 saturated heterocycles. The second-order valence-corrected chi connectivity index (χ2v) is 5.22. The average molecular weight is 274 g/mol. The van der Waals surface area contributed by atoms with Crippen molar-refractivity contribution in [3.63, 3.8) is 0 Å². The van der Waals surface area contributed by atoms with Gasteiger partial charge in [-0.1, -0.05) is 0 Å². The van der Waals surface area contributed by atoms with Crippen molar-refractivity contribution < 1.29 is 4.79 Å². The lowest BCUT2D eigenvalue weighted by molar-refractivity contribution is -0.117. The number of amides is 1. The highest BCUT2D eigenvalue weighted by Gasteiger charge is 2.21. The lowest BCUT2D eigenvalue weighted by Gasteiger charge is -2.15. The van der Waals surface area contributed by atoms with Gasteiger partial charge in [0.1, 0.15) is 5.82 Å². The number of nitrogens with one attached hydrogen (secondary N) is 1. The fourth-order valence-electron chi connectivity index (χ4n) is 2.12. The Morgan fingerprint density at radius 1 is 1.32 bits per heavy atom. The molecule has 0 spiro atoms. The smallest absolute Gasteiger partial charge is 0.227 e. The van der Waals surface area contributed by atoms with Crippen LogP contribution in [0.15, 0.2) is 24.3 Å². The van der Waals surface area contributed by atoms with E-state index in [9.17, 15) is 4.79 Å². The van der Waals surface area contributed by atoms with Gasteiger partial charge in [-0.2, -0.15) is 4.37 Å². The summed E-state index contributed by atoms with van der Waals surface area (Å²) in [6, 6.07) is 7.83. The summed E-state index contributed by atoms with van der Waals surface area (Å²) in [5.41, 5.74) is 1.91. The van der Waals surface area contributed by atoms with Gasteiger partial charge in [0.05, 0.1) is 0 Å². The summed E-state index contributed by atoms with van der Waals surface area (Å²) in [5, 5.41) is 3.98. The van der Waals surface area contributed by atoms with E-state index in [0.717, 1.165) is 35.3 Å². The number of aryl methyl sites for hydroxylation is 1. The highest BCUT2D eigenvalue weighted by atomic mass is 32.1. The summed E-state index contributed by atoms with van der Waals surface area (Å²) < 4.78 is 4.12. The number of carbonyl (C=O) groups is 1. The number of nitrogens with zero attached hydrogens (tertiary/aromatic N) is 3. The second-order valence-electron chi connectivity index (χ2n) is 4.47. The van der Waals surface area contributed by atoms with E-state index in [1.54, 1.807) is 0 Å². The molecule has 1 aliphatic rings. The van der Waals surface area contributed by atoms with Gasteiger partial charge >= 0.3 is 0 Å². The number of anilines is 3. The molecule has 6 heteroatoms. The molecule has 0 atom stereocenters. The molecule has 0 saturated carbocycles. The quantitative estimate of drug-likeness (QED) is 0.935. The fourth-order valence-corrected chi connectivity index (χ4v) is 2.71. The molecule has 19 heavy (non-hydrogen) atoms. The predicted octanol–water partition coefficient (Wildman–Crippen LogP) is 2.72. The molecule has 2 aromatic rings. The minimum Gasteiger partial charge on any atom is -0.330 e. The Hall–Kier alpha value is -1.95. The molecule has 1 aromatic heterocycles. The van der Waals surface area contributed by atoms with Crippen molar-refractivity contribution in [2.45, 2.75) is 19.8 Å². The van der Waals surface area contributed by atoms with Crippen molar-refractivity contribution in [1.29, 1.82) is 0 Å². The third kappa shape index (κ3) is 2.58. The van der Waals surface area contributed by atoms with Gasteiger partial charge in [0.15, 0.2) is 0 Å². The van der Waals surface area contributed by atoms with Crippen molar-refractivity contribution in [3.8, 4) is 0 Å². The highest BCUT2D eigenvalue weighted by Crippen LogP contribution is 2.25. The van der Waals surface area contributed by atoms with Gasteiger partial charge in [-0.15, -0.1) is 0 Å². The van der Waals surface area contributed by atoms with E-state index >= 15 is 0 Å². The Morgan fingerprint density at radius 3 is 2.68 bits per heavy atom. The molecule has 98 valence electrons. The van der Waals surface area contributed by atoms with Crippen LogP contribution >= 0.6 is 11.5 Å². The van der Waals surface area contributed by atoms with Crippen LogP contribution in [0.2, 0.25) is 0 Å². The van der Waals surface area contributed by atoms with Gasteiger partial charge in [-0.25, -0.2) is 4.98 Å². The first-order valence-electron chi connectivity index (χ1n) is 6.20. The summed E-state index contributed by atoms with van der Waals surface area (Å²) in [5.74, 6) is 0.979. The van der Waals surface area contributed by atoms with E-state index < -0.39 is 0 Å². The predicted molar refractivity (Wildman–Crippen MR) is 76.0 cm³/mol. The Kier molecular flexibility index (Phi) is 3.16. The first-order valence-corrected chi connectivity index (χ1v) is 6.97. The van der Waals surface area contributed by atoms with E-state index in [0.29, 0.717) is 6.42 Å².